The summed E-state index contributed by atoms with van der Waals surface area (Å²) in [5.41, 5.74) is -14.9. The zero-order chi connectivity index (χ0) is 24.3. The van der Waals surface area contributed by atoms with Crippen LogP contribution >= 0.6 is 0 Å². The van der Waals surface area contributed by atoms with Crippen LogP contribution in [-0.4, -0.2) is 39.4 Å². The van der Waals surface area contributed by atoms with E-state index in [0.717, 1.165) is 12.1 Å². The fourth-order valence-corrected chi connectivity index (χ4v) is 3.55. The van der Waals surface area contributed by atoms with Crippen LogP contribution in [0.1, 0.15) is 31.8 Å². The van der Waals surface area contributed by atoms with Crippen LogP contribution in [0.15, 0.2) is 36.4 Å². The van der Waals surface area contributed by atoms with Crippen molar-refractivity contribution < 1.29 is 61.1 Å². The van der Waals surface area contributed by atoms with Crippen LogP contribution in [0.3, 0.4) is 0 Å². The van der Waals surface area contributed by atoms with Gasteiger partial charge in [-0.15, -0.1) is 0 Å². The Kier molecular flexibility index (Phi) is 5.29. The maximum absolute atomic E-state index is 12.8. The molecule has 0 aliphatic heterocycles. The molecule has 0 heterocycles. The lowest BCUT2D eigenvalue weighted by molar-refractivity contribution is -0.0513. The maximum atomic E-state index is 12.8. The van der Waals surface area contributed by atoms with E-state index >= 15 is 0 Å². The number of halogens is 6. The molecule has 0 bridgehead atoms. The molecule has 0 saturated carbocycles. The minimum Gasteiger partial charge on any atom is -0.372 e. The van der Waals surface area contributed by atoms with Gasteiger partial charge in [0, 0.05) is 16.7 Å². The summed E-state index contributed by atoms with van der Waals surface area (Å²) in [6, 6.07) is 5.58. The van der Waals surface area contributed by atoms with E-state index in [0.29, 0.717) is 6.07 Å². The van der Waals surface area contributed by atoms with Gasteiger partial charge in [0.25, 0.3) is 0 Å². The lowest BCUT2D eigenvalue weighted by Gasteiger charge is -2.22. The number of alkyl halides is 6. The average Bonchev–Trinajstić information content (AvgIpc) is 2.65. The van der Waals surface area contributed by atoms with E-state index in [9.17, 15) is 52.8 Å². The van der Waals surface area contributed by atoms with Crippen LogP contribution in [-0.2, 0) is 20.2 Å². The first kappa shape index (κ1) is 23.5. The molecular formula is C16H6F6O8S2. The molecule has 0 radical (unpaired) electrons. The Morgan fingerprint density at radius 2 is 1.09 bits per heavy atom. The second-order valence-electron chi connectivity index (χ2n) is 5.99. The number of carbonyl (C=O) groups excluding carboxylic acids is 2. The second-order valence-corrected chi connectivity index (χ2v) is 9.06. The van der Waals surface area contributed by atoms with Gasteiger partial charge in [-0.2, -0.15) is 43.2 Å². The number of carbonyl (C=O) groups is 2. The predicted octanol–water partition coefficient (Wildman–Crippen LogP) is 2.92. The van der Waals surface area contributed by atoms with E-state index in [1.165, 1.54) is 12.1 Å². The van der Waals surface area contributed by atoms with Crippen LogP contribution in [0.25, 0.3) is 0 Å². The normalized spacial score (nSPS) is 14.6. The summed E-state index contributed by atoms with van der Waals surface area (Å²) in [4.78, 5) is 25.4. The Hall–Kier alpha value is -3.14. The smallest absolute Gasteiger partial charge is 0.372 e. The van der Waals surface area contributed by atoms with Gasteiger partial charge in [-0.05, 0) is 12.1 Å². The van der Waals surface area contributed by atoms with Crippen molar-refractivity contribution in [2.24, 2.45) is 0 Å². The largest absolute Gasteiger partial charge is 0.534 e. The van der Waals surface area contributed by atoms with Gasteiger partial charge >= 0.3 is 31.3 Å². The van der Waals surface area contributed by atoms with Gasteiger partial charge in [0.15, 0.2) is 23.1 Å². The zero-order valence-electron chi connectivity index (χ0n) is 14.8. The molecule has 1 aliphatic carbocycles. The third-order valence-electron chi connectivity index (χ3n) is 3.97. The Balaban J connectivity index is 2.32. The van der Waals surface area contributed by atoms with Crippen molar-refractivity contribution in [1.82, 2.24) is 0 Å². The minimum atomic E-state index is -6.64. The highest BCUT2D eigenvalue weighted by molar-refractivity contribution is 7.88. The Morgan fingerprint density at radius 3 is 1.59 bits per heavy atom. The number of benzene rings is 2. The van der Waals surface area contributed by atoms with Crippen molar-refractivity contribution >= 4 is 31.8 Å². The molecule has 0 spiro atoms. The zero-order valence-corrected chi connectivity index (χ0v) is 16.4. The summed E-state index contributed by atoms with van der Waals surface area (Å²) in [6.07, 6.45) is 0. The fraction of sp³-hybridized carbons (Fsp3) is 0.125. The standard InChI is InChI=1S/C16H6F6O8S2/c17-15(18,19)31(25,26)29-10-6-5-9-11(14(10)30-32(27,28)16(20,21)22)13(24)8-4-2-1-3-7(8)12(9)23/h1-6H. The lowest BCUT2D eigenvalue weighted by atomic mass is 9.83. The number of hydrogen-bond donors (Lipinski definition) is 0. The number of rotatable bonds is 4. The molecule has 1 aliphatic rings. The van der Waals surface area contributed by atoms with Crippen LogP contribution in [0.2, 0.25) is 0 Å². The number of fused-ring (bicyclic) bond motifs is 2. The summed E-state index contributed by atoms with van der Waals surface area (Å²) in [5.74, 6) is -5.90. The highest BCUT2D eigenvalue weighted by Crippen LogP contribution is 2.43. The molecule has 3 rings (SSSR count). The first-order valence-corrected chi connectivity index (χ1v) is 10.7. The van der Waals surface area contributed by atoms with E-state index in [-0.39, 0.29) is 11.6 Å². The van der Waals surface area contributed by atoms with Crippen molar-refractivity contribution in [3.05, 3.63) is 58.7 Å². The molecule has 2 aromatic rings. The summed E-state index contributed by atoms with van der Waals surface area (Å²) in [6.45, 7) is 0. The first-order valence-electron chi connectivity index (χ1n) is 7.85. The first-order chi connectivity index (χ1) is 14.5. The number of hydrogen-bond acceptors (Lipinski definition) is 8. The van der Waals surface area contributed by atoms with Crippen molar-refractivity contribution in [3.8, 4) is 11.5 Å². The van der Waals surface area contributed by atoms with Gasteiger partial charge in [-0.3, -0.25) is 9.59 Å². The minimum absolute atomic E-state index is 0.244. The molecule has 0 N–H and O–H groups in total. The van der Waals surface area contributed by atoms with Gasteiger partial charge in [-0.25, -0.2) is 0 Å². The van der Waals surface area contributed by atoms with Crippen LogP contribution in [0.4, 0.5) is 26.3 Å². The molecule has 172 valence electrons. The van der Waals surface area contributed by atoms with Gasteiger partial charge in [0.05, 0.1) is 5.56 Å². The van der Waals surface area contributed by atoms with Gasteiger partial charge in [0.1, 0.15) is 0 Å². The molecule has 0 saturated heterocycles. The summed E-state index contributed by atoms with van der Waals surface area (Å²) in [5, 5.41) is 0. The van der Waals surface area contributed by atoms with E-state index in [2.05, 4.69) is 8.37 Å². The molecule has 0 amide bonds. The van der Waals surface area contributed by atoms with E-state index < -0.39 is 71.0 Å². The summed E-state index contributed by atoms with van der Waals surface area (Å²) in [7, 11) is -13.2. The Morgan fingerprint density at radius 1 is 0.625 bits per heavy atom. The third-order valence-corrected chi connectivity index (χ3v) is 5.89. The molecule has 0 aromatic heterocycles. The average molecular weight is 504 g/mol. The Bertz CT molecular complexity index is 1360. The fourth-order valence-electron chi connectivity index (χ4n) is 2.61. The molecule has 0 fully saturated rings. The number of ketones is 2. The van der Waals surface area contributed by atoms with Crippen molar-refractivity contribution in [3.63, 3.8) is 0 Å². The topological polar surface area (TPSA) is 121 Å². The highest BCUT2D eigenvalue weighted by atomic mass is 32.2. The van der Waals surface area contributed by atoms with Crippen LogP contribution in [0.5, 0.6) is 11.5 Å². The third kappa shape index (κ3) is 3.79. The molecular weight excluding hydrogens is 498 g/mol. The van der Waals surface area contributed by atoms with Crippen LogP contribution in [0, 0.1) is 0 Å². The highest BCUT2D eigenvalue weighted by Gasteiger charge is 2.52. The quantitative estimate of drug-likeness (QED) is 0.302. The molecule has 0 unspecified atom stereocenters. The van der Waals surface area contributed by atoms with E-state index in [1.54, 1.807) is 0 Å². The maximum Gasteiger partial charge on any atom is 0.534 e. The molecule has 32 heavy (non-hydrogen) atoms. The molecule has 8 nitrogen and oxygen atoms in total. The van der Waals surface area contributed by atoms with Crippen LogP contribution < -0.4 is 8.37 Å². The monoisotopic (exact) mass is 504 g/mol. The van der Waals surface area contributed by atoms with E-state index in [4.69, 9.17) is 0 Å². The van der Waals surface area contributed by atoms with Gasteiger partial charge in [0.2, 0.25) is 0 Å². The summed E-state index contributed by atoms with van der Waals surface area (Å²) >= 11 is 0. The van der Waals surface area contributed by atoms with Gasteiger partial charge in [-0.1, -0.05) is 24.3 Å². The summed E-state index contributed by atoms with van der Waals surface area (Å²) < 4.78 is 130. The molecule has 2 aromatic carbocycles. The van der Waals surface area contributed by atoms with Crippen molar-refractivity contribution in [2.75, 3.05) is 0 Å². The predicted molar refractivity (Wildman–Crippen MR) is 91.0 cm³/mol. The molecule has 16 heteroatoms. The van der Waals surface area contributed by atoms with Crippen molar-refractivity contribution in [1.29, 1.82) is 0 Å². The Labute approximate surface area is 174 Å². The lowest BCUT2D eigenvalue weighted by Crippen LogP contribution is -2.31. The van der Waals surface area contributed by atoms with Crippen molar-refractivity contribution in [2.45, 2.75) is 11.0 Å². The molecule has 0 atom stereocenters. The van der Waals surface area contributed by atoms with E-state index in [1.807, 2.05) is 0 Å². The van der Waals surface area contributed by atoms with Gasteiger partial charge < -0.3 is 8.37 Å². The second kappa shape index (κ2) is 7.19. The SMILES string of the molecule is O=C1c2ccccc2C(=O)c2c1ccc(OS(=O)(=O)C(F)(F)F)c2OS(=O)(=O)C(F)(F)F.